The first kappa shape index (κ1) is 11.0. The summed E-state index contributed by atoms with van der Waals surface area (Å²) >= 11 is 0. The van der Waals surface area contributed by atoms with Crippen molar-refractivity contribution in [1.29, 1.82) is 0 Å². The zero-order chi connectivity index (χ0) is 12.3. The molecule has 0 bridgehead atoms. The van der Waals surface area contributed by atoms with Gasteiger partial charge >= 0.3 is 5.97 Å². The Morgan fingerprint density at radius 3 is 2.65 bits per heavy atom. The molecule has 0 fully saturated rings. The number of hydrogen-bond acceptors (Lipinski definition) is 5. The van der Waals surface area contributed by atoms with Gasteiger partial charge in [0.25, 0.3) is 0 Å². The summed E-state index contributed by atoms with van der Waals surface area (Å²) in [6, 6.07) is 3.40. The molecule has 1 N–H and O–H groups in total. The molecular weight excluding hydrogens is 222 g/mol. The monoisotopic (exact) mass is 231 g/mol. The molecule has 86 valence electrons. The zero-order valence-corrected chi connectivity index (χ0v) is 8.99. The topological polar surface area (TPSA) is 85.2 Å². The van der Waals surface area contributed by atoms with Gasteiger partial charge in [-0.2, -0.15) is 0 Å². The molecule has 6 heteroatoms. The van der Waals surface area contributed by atoms with E-state index < -0.39 is 5.97 Å². The molecule has 2 heterocycles. The van der Waals surface area contributed by atoms with Crippen LogP contribution in [0.1, 0.15) is 10.5 Å². The number of ether oxygens (including phenoxy) is 1. The van der Waals surface area contributed by atoms with E-state index in [9.17, 15) is 4.79 Å². The van der Waals surface area contributed by atoms with Gasteiger partial charge in [-0.3, -0.25) is 4.98 Å². The van der Waals surface area contributed by atoms with Gasteiger partial charge in [0.1, 0.15) is 0 Å². The second-order valence-electron chi connectivity index (χ2n) is 3.15. The highest BCUT2D eigenvalue weighted by Crippen LogP contribution is 2.19. The maximum absolute atomic E-state index is 11.0. The number of hydrogen-bond donors (Lipinski definition) is 1. The number of pyridine rings is 1. The van der Waals surface area contributed by atoms with E-state index in [0.717, 1.165) is 0 Å². The molecule has 0 saturated heterocycles. The van der Waals surface area contributed by atoms with Gasteiger partial charge in [-0.25, -0.2) is 14.8 Å². The van der Waals surface area contributed by atoms with Crippen molar-refractivity contribution in [3.05, 3.63) is 36.4 Å². The molecule has 0 radical (unpaired) electrons. The minimum atomic E-state index is -1.15. The smallest absolute Gasteiger partial charge is 0.358 e. The molecule has 0 unspecified atom stereocenters. The van der Waals surface area contributed by atoms with Crippen LogP contribution >= 0.6 is 0 Å². The fourth-order valence-corrected chi connectivity index (χ4v) is 1.31. The van der Waals surface area contributed by atoms with Crippen molar-refractivity contribution in [3.63, 3.8) is 0 Å². The Hall–Kier alpha value is -2.50. The van der Waals surface area contributed by atoms with Crippen molar-refractivity contribution in [1.82, 2.24) is 15.0 Å². The predicted molar refractivity (Wildman–Crippen MR) is 58.8 cm³/mol. The number of carboxylic acids is 1. The van der Waals surface area contributed by atoms with E-state index in [-0.39, 0.29) is 11.4 Å². The molecule has 0 aliphatic rings. The van der Waals surface area contributed by atoms with Crippen molar-refractivity contribution in [2.45, 2.75) is 0 Å². The molecule has 0 aromatic carbocycles. The van der Waals surface area contributed by atoms with E-state index in [1.54, 1.807) is 24.5 Å². The normalized spacial score (nSPS) is 9.94. The summed E-state index contributed by atoms with van der Waals surface area (Å²) in [5.41, 5.74) is 0.541. The summed E-state index contributed by atoms with van der Waals surface area (Å²) < 4.78 is 4.88. The minimum absolute atomic E-state index is 0.135. The van der Waals surface area contributed by atoms with Crippen LogP contribution in [-0.4, -0.2) is 33.1 Å². The quantitative estimate of drug-likeness (QED) is 0.855. The van der Waals surface area contributed by atoms with E-state index in [4.69, 9.17) is 9.84 Å². The highest BCUT2D eigenvalue weighted by molar-refractivity contribution is 5.88. The van der Waals surface area contributed by atoms with Crippen LogP contribution in [0.15, 0.2) is 30.7 Å². The first-order valence-electron chi connectivity index (χ1n) is 4.77. The Morgan fingerprint density at radius 2 is 2.06 bits per heavy atom. The average Bonchev–Trinajstić information content (AvgIpc) is 2.39. The van der Waals surface area contributed by atoms with Gasteiger partial charge in [-0.05, 0) is 12.1 Å². The molecule has 17 heavy (non-hydrogen) atoms. The highest BCUT2D eigenvalue weighted by atomic mass is 16.5. The molecule has 0 saturated carbocycles. The van der Waals surface area contributed by atoms with E-state index in [2.05, 4.69) is 15.0 Å². The number of carbonyl (C=O) groups is 1. The van der Waals surface area contributed by atoms with Crippen LogP contribution < -0.4 is 4.74 Å². The van der Waals surface area contributed by atoms with Gasteiger partial charge in [0.2, 0.25) is 0 Å². The van der Waals surface area contributed by atoms with Crippen LogP contribution in [0.4, 0.5) is 0 Å². The van der Waals surface area contributed by atoms with Crippen molar-refractivity contribution in [2.75, 3.05) is 7.11 Å². The van der Waals surface area contributed by atoms with Crippen LogP contribution in [-0.2, 0) is 0 Å². The van der Waals surface area contributed by atoms with E-state index >= 15 is 0 Å². The Bertz CT molecular complexity index is 543. The Morgan fingerprint density at radius 1 is 1.35 bits per heavy atom. The third-order valence-corrected chi connectivity index (χ3v) is 2.12. The fraction of sp³-hybridized carbons (Fsp3) is 0.0909. The van der Waals surface area contributed by atoms with Gasteiger partial charge in [0.05, 0.1) is 13.3 Å². The maximum atomic E-state index is 11.0. The first-order chi connectivity index (χ1) is 8.22. The molecule has 0 spiro atoms. The van der Waals surface area contributed by atoms with Crippen molar-refractivity contribution >= 4 is 5.97 Å². The van der Waals surface area contributed by atoms with Crippen molar-refractivity contribution < 1.29 is 14.6 Å². The molecular formula is C11H9N3O3. The summed E-state index contributed by atoms with van der Waals surface area (Å²) in [5.74, 6) is -0.694. The lowest BCUT2D eigenvalue weighted by molar-refractivity contribution is 0.0686. The van der Waals surface area contributed by atoms with Crippen LogP contribution in [0.2, 0.25) is 0 Å². The zero-order valence-electron chi connectivity index (χ0n) is 8.99. The molecule has 0 aliphatic carbocycles. The molecule has 2 aromatic heterocycles. The highest BCUT2D eigenvalue weighted by Gasteiger charge is 2.15. The SMILES string of the molecule is COc1cnc(-c2ccncc2)nc1C(=O)O. The molecule has 2 rings (SSSR count). The summed E-state index contributed by atoms with van der Waals surface area (Å²) in [6.45, 7) is 0. The standard InChI is InChI=1S/C11H9N3O3/c1-17-8-6-13-10(14-9(8)11(15)16)7-2-4-12-5-3-7/h2-6H,1H3,(H,15,16). The molecule has 2 aromatic rings. The average molecular weight is 231 g/mol. The lowest BCUT2D eigenvalue weighted by Crippen LogP contribution is -2.06. The van der Waals surface area contributed by atoms with Gasteiger partial charge in [0, 0.05) is 18.0 Å². The number of carboxylic acid groups (broad SMARTS) is 1. The molecule has 0 amide bonds. The van der Waals surface area contributed by atoms with Gasteiger partial charge < -0.3 is 9.84 Å². The van der Waals surface area contributed by atoms with Gasteiger partial charge in [-0.1, -0.05) is 0 Å². The largest absolute Gasteiger partial charge is 0.493 e. The van der Waals surface area contributed by atoms with Crippen molar-refractivity contribution in [2.24, 2.45) is 0 Å². The second-order valence-corrected chi connectivity index (χ2v) is 3.15. The number of rotatable bonds is 3. The maximum Gasteiger partial charge on any atom is 0.358 e. The minimum Gasteiger partial charge on any atom is -0.493 e. The second kappa shape index (κ2) is 4.56. The Balaban J connectivity index is 2.51. The van der Waals surface area contributed by atoms with Gasteiger partial charge in [0.15, 0.2) is 17.3 Å². The number of methoxy groups -OCH3 is 1. The number of nitrogens with zero attached hydrogens (tertiary/aromatic N) is 3. The van der Waals surface area contributed by atoms with Crippen LogP contribution in [0, 0.1) is 0 Å². The summed E-state index contributed by atoms with van der Waals surface area (Å²) in [5, 5.41) is 8.99. The lowest BCUT2D eigenvalue weighted by atomic mass is 10.2. The van der Waals surface area contributed by atoms with Gasteiger partial charge in [-0.15, -0.1) is 0 Å². The predicted octanol–water partition coefficient (Wildman–Crippen LogP) is 1.25. The number of aromatic nitrogens is 3. The van der Waals surface area contributed by atoms with E-state index in [1.807, 2.05) is 0 Å². The van der Waals surface area contributed by atoms with E-state index in [1.165, 1.54) is 13.3 Å². The third-order valence-electron chi connectivity index (χ3n) is 2.12. The van der Waals surface area contributed by atoms with Crippen molar-refractivity contribution in [3.8, 4) is 17.1 Å². The van der Waals surface area contributed by atoms with Crippen LogP contribution in [0.25, 0.3) is 11.4 Å². The molecule has 0 aliphatic heterocycles. The van der Waals surface area contributed by atoms with Crippen LogP contribution in [0.3, 0.4) is 0 Å². The Labute approximate surface area is 96.9 Å². The third kappa shape index (κ3) is 2.20. The molecule has 0 atom stereocenters. The van der Waals surface area contributed by atoms with E-state index in [0.29, 0.717) is 11.4 Å². The molecule has 6 nitrogen and oxygen atoms in total. The first-order valence-corrected chi connectivity index (χ1v) is 4.77. The summed E-state index contributed by atoms with van der Waals surface area (Å²) in [4.78, 5) is 22.8. The van der Waals surface area contributed by atoms with Crippen LogP contribution in [0.5, 0.6) is 5.75 Å². The number of aromatic carboxylic acids is 1. The summed E-state index contributed by atoms with van der Waals surface area (Å²) in [6.07, 6.45) is 4.51. The fourth-order valence-electron chi connectivity index (χ4n) is 1.31. The Kier molecular flexibility index (Phi) is 2.95. The summed E-state index contributed by atoms with van der Waals surface area (Å²) in [7, 11) is 1.37. The lowest BCUT2D eigenvalue weighted by Gasteiger charge is -2.05.